The van der Waals surface area contributed by atoms with Crippen LogP contribution in [-0.4, -0.2) is 46.7 Å². The molecule has 7 heteroatoms. The summed E-state index contributed by atoms with van der Waals surface area (Å²) < 4.78 is 5.31. The van der Waals surface area contributed by atoms with Gasteiger partial charge in [0.2, 0.25) is 5.91 Å². The van der Waals surface area contributed by atoms with Crippen molar-refractivity contribution in [1.29, 1.82) is 0 Å². The summed E-state index contributed by atoms with van der Waals surface area (Å²) in [5, 5.41) is 1.58. The minimum atomic E-state index is -0.00274. The van der Waals surface area contributed by atoms with Crippen molar-refractivity contribution >= 4 is 34.3 Å². The lowest BCUT2D eigenvalue weighted by molar-refractivity contribution is -0.131. The van der Waals surface area contributed by atoms with E-state index in [9.17, 15) is 9.59 Å². The molecule has 1 fully saturated rings. The lowest BCUT2D eigenvalue weighted by atomic mass is 9.93. The third kappa shape index (κ3) is 4.48. The van der Waals surface area contributed by atoms with Crippen molar-refractivity contribution in [1.82, 2.24) is 14.8 Å². The highest BCUT2D eigenvalue weighted by Gasteiger charge is 2.27. The summed E-state index contributed by atoms with van der Waals surface area (Å²) in [4.78, 5) is 32.1. The standard InChI is InChI=1S/C22H24ClN3O3/c1-25(14-18-3-2-10-29-18)21(27)11-15-6-8-26(9-7-15)22(28)20-13-16-12-17(23)4-5-19(16)24-20/h2-5,10,12-13,15,24H,6-9,11,14H2,1H3. The van der Waals surface area contributed by atoms with Crippen LogP contribution in [0.3, 0.4) is 0 Å². The number of H-pyrrole nitrogens is 1. The van der Waals surface area contributed by atoms with Gasteiger partial charge in [-0.05, 0) is 55.2 Å². The molecule has 1 aliphatic heterocycles. The molecule has 152 valence electrons. The Balaban J connectivity index is 1.30. The maximum absolute atomic E-state index is 12.8. The molecule has 0 spiro atoms. The van der Waals surface area contributed by atoms with E-state index in [1.165, 1.54) is 0 Å². The van der Waals surface area contributed by atoms with Gasteiger partial charge in [-0.2, -0.15) is 0 Å². The number of amides is 2. The number of hydrogen-bond acceptors (Lipinski definition) is 3. The predicted molar refractivity (Wildman–Crippen MR) is 112 cm³/mol. The number of nitrogens with zero attached hydrogens (tertiary/aromatic N) is 2. The van der Waals surface area contributed by atoms with Crippen molar-refractivity contribution in [2.45, 2.75) is 25.8 Å². The molecule has 2 amide bonds. The fraction of sp³-hybridized carbons (Fsp3) is 0.364. The first kappa shape index (κ1) is 19.6. The number of carbonyl (C=O) groups is 2. The molecule has 0 radical (unpaired) electrons. The number of nitrogens with one attached hydrogen (secondary N) is 1. The molecular formula is C22H24ClN3O3. The van der Waals surface area contributed by atoms with Crippen LogP contribution in [0.4, 0.5) is 0 Å². The van der Waals surface area contributed by atoms with Gasteiger partial charge in [0.05, 0.1) is 12.8 Å². The van der Waals surface area contributed by atoms with Crippen molar-refractivity contribution in [3.63, 3.8) is 0 Å². The third-order valence-electron chi connectivity index (χ3n) is 5.58. The number of carbonyl (C=O) groups excluding carboxylic acids is 2. The molecule has 2 aromatic heterocycles. The summed E-state index contributed by atoms with van der Waals surface area (Å²) in [5.74, 6) is 1.18. The zero-order valence-electron chi connectivity index (χ0n) is 16.4. The number of halogens is 1. The van der Waals surface area contributed by atoms with Gasteiger partial charge >= 0.3 is 0 Å². The first-order chi connectivity index (χ1) is 14.0. The summed E-state index contributed by atoms with van der Waals surface area (Å²) in [6, 6.07) is 11.1. The number of likely N-dealkylation sites (tertiary alicyclic amines) is 1. The molecule has 6 nitrogen and oxygen atoms in total. The fourth-order valence-corrected chi connectivity index (χ4v) is 4.04. The smallest absolute Gasteiger partial charge is 0.270 e. The molecule has 1 saturated heterocycles. The topological polar surface area (TPSA) is 69.6 Å². The Hall–Kier alpha value is -2.73. The Labute approximate surface area is 174 Å². The molecule has 0 saturated carbocycles. The Kier molecular flexibility index (Phi) is 5.62. The lowest BCUT2D eigenvalue weighted by Crippen LogP contribution is -2.40. The molecule has 29 heavy (non-hydrogen) atoms. The van der Waals surface area contributed by atoms with Gasteiger partial charge in [-0.25, -0.2) is 0 Å². The van der Waals surface area contributed by atoms with E-state index < -0.39 is 0 Å². The monoisotopic (exact) mass is 413 g/mol. The minimum Gasteiger partial charge on any atom is -0.467 e. The first-order valence-corrected chi connectivity index (χ1v) is 10.2. The SMILES string of the molecule is CN(Cc1ccco1)C(=O)CC1CCN(C(=O)c2cc3cc(Cl)ccc3[nH]2)CC1. The number of furan rings is 1. The van der Waals surface area contributed by atoms with Gasteiger partial charge in [0.25, 0.3) is 5.91 Å². The van der Waals surface area contributed by atoms with Crippen molar-refractivity contribution < 1.29 is 14.0 Å². The quantitative estimate of drug-likeness (QED) is 0.677. The molecule has 0 atom stereocenters. The second-order valence-electron chi connectivity index (χ2n) is 7.68. The summed E-state index contributed by atoms with van der Waals surface area (Å²) in [5.41, 5.74) is 1.48. The summed E-state index contributed by atoms with van der Waals surface area (Å²) >= 11 is 6.03. The third-order valence-corrected chi connectivity index (χ3v) is 5.81. The molecule has 0 unspecified atom stereocenters. The molecule has 3 aromatic rings. The maximum Gasteiger partial charge on any atom is 0.270 e. The van der Waals surface area contributed by atoms with Gasteiger partial charge in [-0.1, -0.05) is 11.6 Å². The van der Waals surface area contributed by atoms with E-state index in [0.29, 0.717) is 42.7 Å². The number of piperidine rings is 1. The molecule has 3 heterocycles. The number of aromatic nitrogens is 1. The van der Waals surface area contributed by atoms with Crippen LogP contribution in [0.2, 0.25) is 5.02 Å². The molecule has 1 N–H and O–H groups in total. The van der Waals surface area contributed by atoms with E-state index in [-0.39, 0.29) is 11.8 Å². The summed E-state index contributed by atoms with van der Waals surface area (Å²) in [6.07, 6.45) is 3.78. The fourth-order valence-electron chi connectivity index (χ4n) is 3.86. The summed E-state index contributed by atoms with van der Waals surface area (Å²) in [7, 11) is 1.80. The van der Waals surface area contributed by atoms with E-state index in [2.05, 4.69) is 4.98 Å². The zero-order chi connectivity index (χ0) is 20.4. The number of benzene rings is 1. The Morgan fingerprint density at radius 3 is 2.76 bits per heavy atom. The van der Waals surface area contributed by atoms with Crippen molar-refractivity contribution in [3.8, 4) is 0 Å². The average Bonchev–Trinajstić information content (AvgIpc) is 3.37. The molecule has 0 bridgehead atoms. The van der Waals surface area contributed by atoms with Crippen LogP contribution < -0.4 is 0 Å². The largest absolute Gasteiger partial charge is 0.467 e. The van der Waals surface area contributed by atoms with E-state index in [1.807, 2.05) is 35.2 Å². The highest BCUT2D eigenvalue weighted by molar-refractivity contribution is 6.31. The molecule has 4 rings (SSSR count). The van der Waals surface area contributed by atoms with Gasteiger partial charge in [-0.15, -0.1) is 0 Å². The predicted octanol–water partition coefficient (Wildman–Crippen LogP) is 4.32. The average molecular weight is 414 g/mol. The van der Waals surface area contributed by atoms with E-state index in [4.69, 9.17) is 16.0 Å². The van der Waals surface area contributed by atoms with Crippen LogP contribution in [0.5, 0.6) is 0 Å². The highest BCUT2D eigenvalue weighted by atomic mass is 35.5. The van der Waals surface area contributed by atoms with Crippen LogP contribution >= 0.6 is 11.6 Å². The van der Waals surface area contributed by atoms with Crippen molar-refractivity contribution in [3.05, 3.63) is 59.1 Å². The van der Waals surface area contributed by atoms with Crippen LogP contribution in [0, 0.1) is 5.92 Å². The highest BCUT2D eigenvalue weighted by Crippen LogP contribution is 2.25. The van der Waals surface area contributed by atoms with Crippen LogP contribution in [0.1, 0.15) is 35.5 Å². The number of fused-ring (bicyclic) bond motifs is 1. The minimum absolute atomic E-state index is 0.00274. The van der Waals surface area contributed by atoms with Crippen LogP contribution in [0.25, 0.3) is 10.9 Å². The van der Waals surface area contributed by atoms with Gasteiger partial charge in [0.1, 0.15) is 11.5 Å². The number of hydrogen-bond donors (Lipinski definition) is 1. The second kappa shape index (κ2) is 8.33. The van der Waals surface area contributed by atoms with Crippen LogP contribution in [-0.2, 0) is 11.3 Å². The Morgan fingerprint density at radius 2 is 2.03 bits per heavy atom. The van der Waals surface area contributed by atoms with Gasteiger partial charge in [0.15, 0.2) is 0 Å². The van der Waals surface area contributed by atoms with E-state index in [1.54, 1.807) is 24.3 Å². The second-order valence-corrected chi connectivity index (χ2v) is 8.12. The Morgan fingerprint density at radius 1 is 1.24 bits per heavy atom. The summed E-state index contributed by atoms with van der Waals surface area (Å²) in [6.45, 7) is 1.80. The number of rotatable bonds is 5. The number of aromatic amines is 1. The molecular weight excluding hydrogens is 390 g/mol. The van der Waals surface area contributed by atoms with Crippen molar-refractivity contribution in [2.24, 2.45) is 5.92 Å². The van der Waals surface area contributed by atoms with E-state index in [0.717, 1.165) is 29.5 Å². The van der Waals surface area contributed by atoms with Gasteiger partial charge < -0.3 is 19.2 Å². The maximum atomic E-state index is 12.8. The van der Waals surface area contributed by atoms with Crippen molar-refractivity contribution in [2.75, 3.05) is 20.1 Å². The lowest BCUT2D eigenvalue weighted by Gasteiger charge is -2.32. The van der Waals surface area contributed by atoms with Gasteiger partial charge in [0, 0.05) is 42.5 Å². The first-order valence-electron chi connectivity index (χ1n) is 9.83. The molecule has 1 aromatic carbocycles. The molecule has 1 aliphatic rings. The normalized spacial score (nSPS) is 15.0. The van der Waals surface area contributed by atoms with Crippen LogP contribution in [0.15, 0.2) is 47.1 Å². The Bertz CT molecular complexity index is 1000. The zero-order valence-corrected chi connectivity index (χ0v) is 17.1. The van der Waals surface area contributed by atoms with E-state index >= 15 is 0 Å². The molecule has 0 aliphatic carbocycles. The van der Waals surface area contributed by atoms with Gasteiger partial charge in [-0.3, -0.25) is 9.59 Å².